The maximum atomic E-state index is 13.0. The second kappa shape index (κ2) is 6.34. The van der Waals surface area contributed by atoms with Crippen molar-refractivity contribution < 1.29 is 0 Å². The fourth-order valence-corrected chi connectivity index (χ4v) is 3.15. The molecule has 3 heterocycles. The summed E-state index contributed by atoms with van der Waals surface area (Å²) >= 11 is 7.75. The Morgan fingerprint density at radius 2 is 1.84 bits per heavy atom. The predicted octanol–water partition coefficient (Wildman–Crippen LogP) is 3.34. The van der Waals surface area contributed by atoms with Gasteiger partial charge in [-0.2, -0.15) is 0 Å². The molecule has 0 spiro atoms. The Balaban J connectivity index is 2.17. The van der Waals surface area contributed by atoms with Crippen molar-refractivity contribution in [3.8, 4) is 11.5 Å². The molecule has 6 nitrogen and oxygen atoms in total. The van der Waals surface area contributed by atoms with Crippen molar-refractivity contribution >= 4 is 34.4 Å². The first-order valence-corrected chi connectivity index (χ1v) is 9.02. The third-order valence-electron chi connectivity index (χ3n) is 3.70. The third kappa shape index (κ3) is 2.61. The van der Waals surface area contributed by atoms with Gasteiger partial charge in [0.25, 0.3) is 5.56 Å². The SMILES string of the molecule is CSc1ncc2c(=O)n(-c3ccccc3Cl)n(-c3ccccn3)c2n1. The first-order chi connectivity index (χ1) is 12.2. The summed E-state index contributed by atoms with van der Waals surface area (Å²) < 4.78 is 3.15. The molecule has 4 rings (SSSR count). The number of nitrogens with zero attached hydrogens (tertiary/aromatic N) is 5. The maximum absolute atomic E-state index is 13.0. The van der Waals surface area contributed by atoms with Gasteiger partial charge in [-0.15, -0.1) is 0 Å². The molecule has 0 aliphatic rings. The van der Waals surface area contributed by atoms with Crippen LogP contribution >= 0.6 is 23.4 Å². The number of benzene rings is 1. The van der Waals surface area contributed by atoms with Crippen LogP contribution in [0.15, 0.2) is 64.8 Å². The highest BCUT2D eigenvalue weighted by Gasteiger charge is 2.20. The molecule has 124 valence electrons. The Morgan fingerprint density at radius 1 is 1.04 bits per heavy atom. The van der Waals surface area contributed by atoms with E-state index in [1.807, 2.05) is 36.6 Å². The van der Waals surface area contributed by atoms with Crippen molar-refractivity contribution in [2.24, 2.45) is 0 Å². The standard InChI is InChI=1S/C17H12ClN5OS/c1-25-17-20-10-11-15(21-17)23(14-8-4-5-9-19-14)22(16(11)24)13-7-3-2-6-12(13)18/h2-10H,1H3. The van der Waals surface area contributed by atoms with Gasteiger partial charge in [-0.05, 0) is 30.5 Å². The van der Waals surface area contributed by atoms with Gasteiger partial charge in [-0.25, -0.2) is 24.3 Å². The molecule has 25 heavy (non-hydrogen) atoms. The van der Waals surface area contributed by atoms with Gasteiger partial charge in [-0.1, -0.05) is 41.6 Å². The van der Waals surface area contributed by atoms with Crippen LogP contribution in [0, 0.1) is 0 Å². The van der Waals surface area contributed by atoms with Gasteiger partial charge in [0.15, 0.2) is 16.6 Å². The summed E-state index contributed by atoms with van der Waals surface area (Å²) in [5.74, 6) is 0.570. The van der Waals surface area contributed by atoms with Gasteiger partial charge < -0.3 is 0 Å². The highest BCUT2D eigenvalue weighted by molar-refractivity contribution is 7.98. The largest absolute Gasteiger partial charge is 0.283 e. The Hall–Kier alpha value is -2.64. The smallest absolute Gasteiger partial charge is 0.267 e. The number of hydrogen-bond acceptors (Lipinski definition) is 5. The fraction of sp³-hybridized carbons (Fsp3) is 0.0588. The normalized spacial score (nSPS) is 11.1. The molecule has 4 aromatic rings. The number of halogens is 1. The van der Waals surface area contributed by atoms with E-state index >= 15 is 0 Å². The lowest BCUT2D eigenvalue weighted by Gasteiger charge is -2.12. The lowest BCUT2D eigenvalue weighted by atomic mass is 10.3. The molecular formula is C17H12ClN5OS. The zero-order valence-electron chi connectivity index (χ0n) is 13.1. The Bertz CT molecular complexity index is 1120. The average molecular weight is 370 g/mol. The summed E-state index contributed by atoms with van der Waals surface area (Å²) in [6, 6.07) is 12.6. The molecule has 0 aliphatic carbocycles. The minimum atomic E-state index is -0.249. The Morgan fingerprint density at radius 3 is 2.56 bits per heavy atom. The van der Waals surface area contributed by atoms with E-state index in [4.69, 9.17) is 11.6 Å². The van der Waals surface area contributed by atoms with E-state index < -0.39 is 0 Å². The van der Waals surface area contributed by atoms with Crippen molar-refractivity contribution in [1.82, 2.24) is 24.3 Å². The van der Waals surface area contributed by atoms with Crippen LogP contribution in [0.2, 0.25) is 5.02 Å². The van der Waals surface area contributed by atoms with E-state index in [2.05, 4.69) is 15.0 Å². The van der Waals surface area contributed by atoms with Crippen LogP contribution < -0.4 is 5.56 Å². The van der Waals surface area contributed by atoms with Crippen molar-refractivity contribution in [3.63, 3.8) is 0 Å². The number of rotatable bonds is 3. The van der Waals surface area contributed by atoms with Gasteiger partial charge in [0.2, 0.25) is 0 Å². The molecule has 0 fully saturated rings. The molecule has 8 heteroatoms. The lowest BCUT2D eigenvalue weighted by Crippen LogP contribution is -2.21. The summed E-state index contributed by atoms with van der Waals surface area (Å²) in [7, 11) is 0. The van der Waals surface area contributed by atoms with Crippen LogP contribution in [-0.4, -0.2) is 30.6 Å². The average Bonchev–Trinajstić information content (AvgIpc) is 2.94. The summed E-state index contributed by atoms with van der Waals surface area (Å²) in [5.41, 5.74) is 0.799. The van der Waals surface area contributed by atoms with Gasteiger partial charge in [-0.3, -0.25) is 4.79 Å². The number of fused-ring (bicyclic) bond motifs is 1. The molecule has 0 radical (unpaired) electrons. The molecule has 0 N–H and O–H groups in total. The monoisotopic (exact) mass is 369 g/mol. The number of pyridine rings is 1. The first kappa shape index (κ1) is 15.9. The highest BCUT2D eigenvalue weighted by Crippen LogP contribution is 2.23. The van der Waals surface area contributed by atoms with E-state index in [1.54, 1.807) is 29.2 Å². The molecule has 0 aliphatic heterocycles. The second-order valence-electron chi connectivity index (χ2n) is 5.16. The third-order valence-corrected chi connectivity index (χ3v) is 4.58. The van der Waals surface area contributed by atoms with E-state index in [9.17, 15) is 4.79 Å². The zero-order valence-corrected chi connectivity index (χ0v) is 14.7. The molecule has 3 aromatic heterocycles. The number of hydrogen-bond donors (Lipinski definition) is 0. The van der Waals surface area contributed by atoms with Crippen LogP contribution in [0.1, 0.15) is 0 Å². The molecule has 1 aromatic carbocycles. The van der Waals surface area contributed by atoms with E-state index in [0.29, 0.717) is 32.7 Å². The van der Waals surface area contributed by atoms with E-state index in [-0.39, 0.29) is 5.56 Å². The van der Waals surface area contributed by atoms with Gasteiger partial charge in [0, 0.05) is 12.4 Å². The molecule has 0 saturated heterocycles. The van der Waals surface area contributed by atoms with Crippen molar-refractivity contribution in [3.05, 3.63) is 70.2 Å². The summed E-state index contributed by atoms with van der Waals surface area (Å²) in [6.07, 6.45) is 5.10. The van der Waals surface area contributed by atoms with Crippen LogP contribution in [0.4, 0.5) is 0 Å². The van der Waals surface area contributed by atoms with Crippen molar-refractivity contribution in [1.29, 1.82) is 0 Å². The topological polar surface area (TPSA) is 65.6 Å². The van der Waals surface area contributed by atoms with E-state index in [1.165, 1.54) is 16.4 Å². The molecule has 0 saturated carbocycles. The van der Waals surface area contributed by atoms with Gasteiger partial charge >= 0.3 is 0 Å². The second-order valence-corrected chi connectivity index (χ2v) is 6.34. The number of aromatic nitrogens is 5. The van der Waals surface area contributed by atoms with Gasteiger partial charge in [0.1, 0.15) is 5.39 Å². The Labute approximate surface area is 152 Å². The summed E-state index contributed by atoms with van der Waals surface area (Å²) in [4.78, 5) is 26.2. The van der Waals surface area contributed by atoms with Crippen LogP contribution in [0.5, 0.6) is 0 Å². The van der Waals surface area contributed by atoms with Gasteiger partial charge in [0.05, 0.1) is 10.7 Å². The highest BCUT2D eigenvalue weighted by atomic mass is 35.5. The molecule has 0 atom stereocenters. The summed E-state index contributed by atoms with van der Waals surface area (Å²) in [6.45, 7) is 0. The maximum Gasteiger partial charge on any atom is 0.283 e. The molecule has 0 bridgehead atoms. The quantitative estimate of drug-likeness (QED) is 0.409. The Kier molecular flexibility index (Phi) is 4.03. The van der Waals surface area contributed by atoms with Crippen LogP contribution in [0.3, 0.4) is 0 Å². The fourth-order valence-electron chi connectivity index (χ4n) is 2.60. The summed E-state index contributed by atoms with van der Waals surface area (Å²) in [5, 5.41) is 1.44. The van der Waals surface area contributed by atoms with Crippen molar-refractivity contribution in [2.45, 2.75) is 5.16 Å². The zero-order chi connectivity index (χ0) is 17.4. The number of para-hydroxylation sites is 1. The first-order valence-electron chi connectivity index (χ1n) is 7.42. The van der Waals surface area contributed by atoms with Crippen LogP contribution in [0.25, 0.3) is 22.5 Å². The van der Waals surface area contributed by atoms with E-state index in [0.717, 1.165) is 0 Å². The van der Waals surface area contributed by atoms with Crippen molar-refractivity contribution in [2.75, 3.05) is 6.26 Å². The lowest BCUT2D eigenvalue weighted by molar-refractivity contribution is 0.717. The molecule has 0 amide bonds. The number of thioether (sulfide) groups is 1. The predicted molar refractivity (Wildman–Crippen MR) is 99.0 cm³/mol. The minimum absolute atomic E-state index is 0.249. The minimum Gasteiger partial charge on any atom is -0.267 e. The van der Waals surface area contributed by atoms with Crippen LogP contribution in [-0.2, 0) is 0 Å². The molecule has 0 unspecified atom stereocenters. The molecular weight excluding hydrogens is 358 g/mol.